The lowest BCUT2D eigenvalue weighted by Gasteiger charge is -2.16. The second-order valence-corrected chi connectivity index (χ2v) is 6.11. The van der Waals surface area contributed by atoms with Gasteiger partial charge in [-0.15, -0.1) is 0 Å². The first-order valence-electron chi connectivity index (χ1n) is 8.35. The average Bonchev–Trinajstić information content (AvgIpc) is 2.88. The zero-order chi connectivity index (χ0) is 18.3. The van der Waals surface area contributed by atoms with Crippen LogP contribution in [0.25, 0.3) is 0 Å². The van der Waals surface area contributed by atoms with Crippen LogP contribution in [0, 0.1) is 0 Å². The van der Waals surface area contributed by atoms with Gasteiger partial charge in [0.15, 0.2) is 5.79 Å². The first-order valence-corrected chi connectivity index (χ1v) is 8.35. The molecule has 0 radical (unpaired) electrons. The summed E-state index contributed by atoms with van der Waals surface area (Å²) in [5, 5.41) is 0. The van der Waals surface area contributed by atoms with E-state index in [1.807, 2.05) is 38.1 Å². The molecule has 1 aliphatic rings. The van der Waals surface area contributed by atoms with Gasteiger partial charge in [0.25, 0.3) is 0 Å². The number of esters is 1. The molecule has 0 aliphatic carbocycles. The summed E-state index contributed by atoms with van der Waals surface area (Å²) in [6.07, 6.45) is 2.37. The van der Waals surface area contributed by atoms with Crippen LogP contribution in [0.2, 0.25) is 0 Å². The number of hydrogen-bond donors (Lipinski definition) is 0. The molecule has 1 aliphatic heterocycles. The van der Waals surface area contributed by atoms with Crippen molar-refractivity contribution in [1.82, 2.24) is 0 Å². The number of methoxy groups -OCH3 is 1. The third-order valence-corrected chi connectivity index (χ3v) is 3.64. The molecule has 1 aromatic rings. The Labute approximate surface area is 148 Å². The zero-order valence-electron chi connectivity index (χ0n) is 15.2. The summed E-state index contributed by atoms with van der Waals surface area (Å²) >= 11 is 0. The molecule has 0 bridgehead atoms. The second kappa shape index (κ2) is 8.99. The minimum Gasteiger partial charge on any atom is -0.497 e. The van der Waals surface area contributed by atoms with Gasteiger partial charge < -0.3 is 23.7 Å². The van der Waals surface area contributed by atoms with E-state index in [2.05, 4.69) is 0 Å². The van der Waals surface area contributed by atoms with Gasteiger partial charge in [0.05, 0.1) is 26.9 Å². The lowest BCUT2D eigenvalue weighted by atomic mass is 10.2. The highest BCUT2D eigenvalue weighted by Crippen LogP contribution is 2.29. The van der Waals surface area contributed by atoms with Crippen LogP contribution in [-0.4, -0.2) is 44.3 Å². The SMILES string of the molecule is CCOC(=O)/C=C\[C@@H]1OC(C)(C)O[C@H]1COCc1ccc(OC)cc1. The highest BCUT2D eigenvalue weighted by atomic mass is 16.8. The lowest BCUT2D eigenvalue weighted by molar-refractivity contribution is -0.149. The van der Waals surface area contributed by atoms with Crippen molar-refractivity contribution in [1.29, 1.82) is 0 Å². The molecule has 6 nitrogen and oxygen atoms in total. The normalized spacial score (nSPS) is 22.2. The van der Waals surface area contributed by atoms with Gasteiger partial charge in [-0.05, 0) is 44.5 Å². The molecule has 25 heavy (non-hydrogen) atoms. The lowest BCUT2D eigenvalue weighted by Crippen LogP contribution is -2.26. The summed E-state index contributed by atoms with van der Waals surface area (Å²) in [6.45, 7) is 6.58. The molecule has 2 rings (SSSR count). The highest BCUT2D eigenvalue weighted by molar-refractivity contribution is 5.81. The number of ether oxygens (including phenoxy) is 5. The van der Waals surface area contributed by atoms with E-state index in [1.54, 1.807) is 20.1 Å². The molecule has 1 saturated heterocycles. The van der Waals surface area contributed by atoms with Crippen molar-refractivity contribution in [3.8, 4) is 5.75 Å². The summed E-state index contributed by atoms with van der Waals surface area (Å²) in [4.78, 5) is 11.5. The molecule has 0 N–H and O–H groups in total. The largest absolute Gasteiger partial charge is 0.497 e. The van der Waals surface area contributed by atoms with E-state index in [0.29, 0.717) is 19.8 Å². The van der Waals surface area contributed by atoms with Crippen molar-refractivity contribution in [2.75, 3.05) is 20.3 Å². The van der Waals surface area contributed by atoms with E-state index in [9.17, 15) is 4.79 Å². The summed E-state index contributed by atoms with van der Waals surface area (Å²) in [5.41, 5.74) is 1.04. The summed E-state index contributed by atoms with van der Waals surface area (Å²) in [7, 11) is 1.63. The number of hydrogen-bond acceptors (Lipinski definition) is 6. The quantitative estimate of drug-likeness (QED) is 0.531. The molecule has 0 unspecified atom stereocenters. The highest BCUT2D eigenvalue weighted by Gasteiger charge is 2.40. The van der Waals surface area contributed by atoms with Crippen molar-refractivity contribution >= 4 is 5.97 Å². The van der Waals surface area contributed by atoms with E-state index in [4.69, 9.17) is 23.7 Å². The Hall–Kier alpha value is -1.89. The Morgan fingerprint density at radius 3 is 2.60 bits per heavy atom. The Kier molecular flexibility index (Phi) is 6.99. The van der Waals surface area contributed by atoms with Crippen molar-refractivity contribution in [2.45, 2.75) is 45.4 Å². The van der Waals surface area contributed by atoms with Crippen LogP contribution in [0.1, 0.15) is 26.3 Å². The van der Waals surface area contributed by atoms with E-state index in [0.717, 1.165) is 11.3 Å². The Morgan fingerprint density at radius 1 is 1.24 bits per heavy atom. The summed E-state index contributed by atoms with van der Waals surface area (Å²) in [5.74, 6) is -0.312. The third kappa shape index (κ3) is 6.16. The van der Waals surface area contributed by atoms with Gasteiger partial charge >= 0.3 is 5.97 Å². The van der Waals surface area contributed by atoms with Gasteiger partial charge in [0.1, 0.15) is 18.0 Å². The number of benzene rings is 1. The number of carbonyl (C=O) groups is 1. The minimum atomic E-state index is -0.724. The molecule has 0 aromatic heterocycles. The Balaban J connectivity index is 1.87. The Bertz CT molecular complexity index is 578. The van der Waals surface area contributed by atoms with Crippen LogP contribution in [0.3, 0.4) is 0 Å². The molecule has 0 saturated carbocycles. The molecular weight excluding hydrogens is 324 g/mol. The predicted octanol–water partition coefficient (Wildman–Crippen LogP) is 2.85. The van der Waals surface area contributed by atoms with Gasteiger partial charge in [-0.2, -0.15) is 0 Å². The van der Waals surface area contributed by atoms with Crippen molar-refractivity contribution < 1.29 is 28.5 Å². The zero-order valence-corrected chi connectivity index (χ0v) is 15.2. The van der Waals surface area contributed by atoms with Crippen LogP contribution >= 0.6 is 0 Å². The number of carbonyl (C=O) groups excluding carboxylic acids is 1. The molecule has 2 atom stereocenters. The first-order chi connectivity index (χ1) is 11.9. The fraction of sp³-hybridized carbons (Fsp3) is 0.526. The van der Waals surface area contributed by atoms with Gasteiger partial charge in [-0.3, -0.25) is 0 Å². The maximum atomic E-state index is 11.5. The first kappa shape index (κ1) is 19.4. The van der Waals surface area contributed by atoms with Gasteiger partial charge in [0.2, 0.25) is 0 Å². The molecule has 0 spiro atoms. The van der Waals surface area contributed by atoms with Gasteiger partial charge in [-0.1, -0.05) is 12.1 Å². The molecule has 6 heteroatoms. The van der Waals surface area contributed by atoms with Crippen molar-refractivity contribution in [3.63, 3.8) is 0 Å². The fourth-order valence-electron chi connectivity index (χ4n) is 2.53. The molecule has 1 fully saturated rings. The summed E-state index contributed by atoms with van der Waals surface area (Å²) < 4.78 is 27.4. The second-order valence-electron chi connectivity index (χ2n) is 6.11. The standard InChI is InChI=1S/C19H26O6/c1-5-23-18(20)11-10-16-17(25-19(2,3)24-16)13-22-12-14-6-8-15(21-4)9-7-14/h6-11,16-17H,5,12-13H2,1-4H3/b11-10-/t16-,17-/m0/s1. The third-order valence-electron chi connectivity index (χ3n) is 3.64. The maximum absolute atomic E-state index is 11.5. The van der Waals surface area contributed by atoms with Crippen LogP contribution in [0.15, 0.2) is 36.4 Å². The predicted molar refractivity (Wildman–Crippen MR) is 92.2 cm³/mol. The molecular formula is C19H26O6. The fourth-order valence-corrected chi connectivity index (χ4v) is 2.53. The minimum absolute atomic E-state index is 0.293. The number of rotatable bonds is 8. The summed E-state index contributed by atoms with van der Waals surface area (Å²) in [6, 6.07) is 7.68. The van der Waals surface area contributed by atoms with E-state index in [-0.39, 0.29) is 12.2 Å². The van der Waals surface area contributed by atoms with E-state index in [1.165, 1.54) is 6.08 Å². The van der Waals surface area contributed by atoms with Crippen LogP contribution in [-0.2, 0) is 30.3 Å². The molecule has 0 amide bonds. The topological polar surface area (TPSA) is 63.2 Å². The van der Waals surface area contributed by atoms with Crippen LogP contribution in [0.4, 0.5) is 0 Å². The maximum Gasteiger partial charge on any atom is 0.330 e. The molecule has 138 valence electrons. The average molecular weight is 350 g/mol. The smallest absolute Gasteiger partial charge is 0.330 e. The molecule has 1 aromatic carbocycles. The van der Waals surface area contributed by atoms with E-state index >= 15 is 0 Å². The van der Waals surface area contributed by atoms with Gasteiger partial charge in [-0.25, -0.2) is 4.79 Å². The van der Waals surface area contributed by atoms with Crippen LogP contribution < -0.4 is 4.74 Å². The van der Waals surface area contributed by atoms with Crippen molar-refractivity contribution in [2.24, 2.45) is 0 Å². The molecule has 1 heterocycles. The van der Waals surface area contributed by atoms with E-state index < -0.39 is 11.8 Å². The van der Waals surface area contributed by atoms with Gasteiger partial charge in [0, 0.05) is 6.08 Å². The monoisotopic (exact) mass is 350 g/mol. The van der Waals surface area contributed by atoms with Crippen LogP contribution in [0.5, 0.6) is 5.75 Å². The Morgan fingerprint density at radius 2 is 1.96 bits per heavy atom. The van der Waals surface area contributed by atoms with Crippen molar-refractivity contribution in [3.05, 3.63) is 42.0 Å².